The maximum Gasteiger partial charge on any atom is 0.330 e. The molecule has 0 unspecified atom stereocenters. The van der Waals surface area contributed by atoms with Gasteiger partial charge in [0.05, 0.1) is 18.8 Å². The number of ether oxygens (including phenoxy) is 1. The molecule has 0 saturated heterocycles. The van der Waals surface area contributed by atoms with E-state index in [2.05, 4.69) is 46.0 Å². The Morgan fingerprint density at radius 1 is 1.23 bits per heavy atom. The summed E-state index contributed by atoms with van der Waals surface area (Å²) >= 11 is 0. The molecule has 0 spiro atoms. The molecule has 1 rings (SSSR count). The molecule has 26 heavy (non-hydrogen) atoms. The number of carbonyl (C=O) groups is 1. The molecule has 5 heteroatoms. The first kappa shape index (κ1) is 22.6. The van der Waals surface area contributed by atoms with Crippen molar-refractivity contribution < 1.29 is 19.1 Å². The Hall–Kier alpha value is -1.43. The lowest BCUT2D eigenvalue weighted by Gasteiger charge is -2.40. The number of hydrogen-bond donors (Lipinski definition) is 1. The summed E-state index contributed by atoms with van der Waals surface area (Å²) in [4.78, 5) is 11.5. The van der Waals surface area contributed by atoms with Gasteiger partial charge in [-0.25, -0.2) is 4.79 Å². The van der Waals surface area contributed by atoms with Crippen LogP contribution in [0, 0.1) is 0 Å². The van der Waals surface area contributed by atoms with Gasteiger partial charge in [0.15, 0.2) is 8.32 Å². The van der Waals surface area contributed by atoms with Gasteiger partial charge >= 0.3 is 5.97 Å². The van der Waals surface area contributed by atoms with E-state index in [0.29, 0.717) is 13.0 Å². The highest BCUT2D eigenvalue weighted by atomic mass is 28.4. The third kappa shape index (κ3) is 7.44. The van der Waals surface area contributed by atoms with Crippen molar-refractivity contribution in [3.8, 4) is 0 Å². The maximum atomic E-state index is 11.5. The topological polar surface area (TPSA) is 55.8 Å². The predicted octanol–water partition coefficient (Wildman–Crippen LogP) is 4.49. The lowest BCUT2D eigenvalue weighted by molar-refractivity contribution is -0.137. The summed E-state index contributed by atoms with van der Waals surface area (Å²) in [5.74, 6) is -0.444. The Bertz CT molecular complexity index is 575. The SMILES string of the molecule is CCOC(=O)/C=C/[C@H](O)[C@@H](CCc1ccccc1)O[Si](C)(C)C(C)(C)C. The van der Waals surface area contributed by atoms with Gasteiger partial charge in [0.25, 0.3) is 0 Å². The Balaban J connectivity index is 2.87. The monoisotopic (exact) mass is 378 g/mol. The van der Waals surface area contributed by atoms with Crippen LogP contribution in [0.5, 0.6) is 0 Å². The molecule has 0 aromatic heterocycles. The Morgan fingerprint density at radius 2 is 1.85 bits per heavy atom. The minimum Gasteiger partial charge on any atom is -0.463 e. The first-order valence-electron chi connectivity index (χ1n) is 9.31. The molecular formula is C21H34O4Si. The molecule has 0 aliphatic rings. The number of carbonyl (C=O) groups excluding carboxylic acids is 1. The second-order valence-corrected chi connectivity index (χ2v) is 12.8. The number of benzene rings is 1. The van der Waals surface area contributed by atoms with Gasteiger partial charge in [-0.1, -0.05) is 51.1 Å². The second kappa shape index (κ2) is 10.0. The molecule has 0 heterocycles. The van der Waals surface area contributed by atoms with Crippen molar-refractivity contribution in [2.75, 3.05) is 6.61 Å². The lowest BCUT2D eigenvalue weighted by atomic mass is 10.0. The van der Waals surface area contributed by atoms with Gasteiger partial charge in [-0.2, -0.15) is 0 Å². The van der Waals surface area contributed by atoms with Crippen molar-refractivity contribution in [3.63, 3.8) is 0 Å². The number of aliphatic hydroxyl groups excluding tert-OH is 1. The van der Waals surface area contributed by atoms with E-state index in [1.165, 1.54) is 17.7 Å². The molecule has 0 saturated carbocycles. The number of aliphatic hydroxyl groups is 1. The fourth-order valence-corrected chi connectivity index (χ4v) is 3.67. The molecule has 0 bridgehead atoms. The van der Waals surface area contributed by atoms with Crippen LogP contribution < -0.4 is 0 Å². The zero-order valence-corrected chi connectivity index (χ0v) is 18.0. The van der Waals surface area contributed by atoms with Gasteiger partial charge in [-0.15, -0.1) is 0 Å². The molecule has 0 aliphatic heterocycles. The molecule has 2 atom stereocenters. The van der Waals surface area contributed by atoms with E-state index in [1.54, 1.807) is 6.92 Å². The van der Waals surface area contributed by atoms with E-state index in [1.807, 2.05) is 18.2 Å². The van der Waals surface area contributed by atoms with Gasteiger partial charge in [-0.3, -0.25) is 0 Å². The van der Waals surface area contributed by atoms with Gasteiger partial charge in [0.2, 0.25) is 0 Å². The number of aryl methyl sites for hydroxylation is 1. The van der Waals surface area contributed by atoms with Crippen molar-refractivity contribution in [3.05, 3.63) is 48.0 Å². The van der Waals surface area contributed by atoms with Gasteiger partial charge < -0.3 is 14.3 Å². The highest BCUT2D eigenvalue weighted by Crippen LogP contribution is 2.38. The molecule has 146 valence electrons. The van der Waals surface area contributed by atoms with Crippen molar-refractivity contribution in [1.82, 2.24) is 0 Å². The fraction of sp³-hybridized carbons (Fsp3) is 0.571. The average Bonchev–Trinajstić information content (AvgIpc) is 2.56. The highest BCUT2D eigenvalue weighted by molar-refractivity contribution is 6.74. The van der Waals surface area contributed by atoms with Crippen LogP contribution in [-0.2, 0) is 20.4 Å². The Labute approximate surface area is 159 Å². The first-order valence-corrected chi connectivity index (χ1v) is 12.2. The number of rotatable bonds is 9. The van der Waals surface area contributed by atoms with Crippen LogP contribution in [0.1, 0.15) is 39.7 Å². The van der Waals surface area contributed by atoms with Crippen molar-refractivity contribution in [2.24, 2.45) is 0 Å². The second-order valence-electron chi connectivity index (χ2n) is 8.04. The summed E-state index contributed by atoms with van der Waals surface area (Å²) < 4.78 is 11.4. The molecule has 1 aromatic carbocycles. The molecular weight excluding hydrogens is 344 g/mol. The fourth-order valence-electron chi connectivity index (χ4n) is 2.30. The van der Waals surface area contributed by atoms with Crippen LogP contribution in [-0.4, -0.2) is 38.2 Å². The molecule has 4 nitrogen and oxygen atoms in total. The summed E-state index contributed by atoms with van der Waals surface area (Å²) in [7, 11) is -2.05. The van der Waals surface area contributed by atoms with Crippen LogP contribution in [0.4, 0.5) is 0 Å². The van der Waals surface area contributed by atoms with Gasteiger partial charge in [-0.05, 0) is 49.5 Å². The van der Waals surface area contributed by atoms with E-state index in [-0.39, 0.29) is 11.1 Å². The number of hydrogen-bond acceptors (Lipinski definition) is 4. The van der Waals surface area contributed by atoms with Crippen LogP contribution in [0.3, 0.4) is 0 Å². The van der Waals surface area contributed by atoms with E-state index in [9.17, 15) is 9.90 Å². The smallest absolute Gasteiger partial charge is 0.330 e. The Kier molecular flexibility index (Phi) is 8.73. The quantitative estimate of drug-likeness (QED) is 0.391. The zero-order valence-electron chi connectivity index (χ0n) is 17.0. The highest BCUT2D eigenvalue weighted by Gasteiger charge is 2.40. The Morgan fingerprint density at radius 3 is 2.38 bits per heavy atom. The molecule has 0 radical (unpaired) electrons. The van der Waals surface area contributed by atoms with Crippen molar-refractivity contribution >= 4 is 14.3 Å². The third-order valence-electron chi connectivity index (χ3n) is 4.91. The molecule has 0 fully saturated rings. The van der Waals surface area contributed by atoms with E-state index >= 15 is 0 Å². The average molecular weight is 379 g/mol. The van der Waals surface area contributed by atoms with Crippen molar-refractivity contribution in [2.45, 2.75) is 70.9 Å². The standard InChI is InChI=1S/C21H34O4Si/c1-7-24-20(23)16-14-18(22)19(25-26(5,6)21(2,3)4)15-13-17-11-9-8-10-12-17/h8-12,14,16,18-19,22H,7,13,15H2,1-6H3/b16-14+/t18-,19+/m0/s1. The summed E-state index contributed by atoms with van der Waals surface area (Å²) in [5.41, 5.74) is 1.21. The minimum absolute atomic E-state index is 0.0442. The molecule has 0 aliphatic carbocycles. The molecule has 1 N–H and O–H groups in total. The van der Waals surface area contributed by atoms with Crippen LogP contribution >= 0.6 is 0 Å². The summed E-state index contributed by atoms with van der Waals surface area (Å²) in [5, 5.41) is 10.7. The maximum absolute atomic E-state index is 11.5. The zero-order chi connectivity index (χ0) is 19.8. The van der Waals surface area contributed by atoms with Crippen LogP contribution in [0.2, 0.25) is 18.1 Å². The van der Waals surface area contributed by atoms with E-state index < -0.39 is 20.4 Å². The summed E-state index contributed by atoms with van der Waals surface area (Å²) in [6, 6.07) is 10.2. The largest absolute Gasteiger partial charge is 0.463 e. The minimum atomic E-state index is -2.05. The summed E-state index contributed by atoms with van der Waals surface area (Å²) in [6.45, 7) is 12.9. The van der Waals surface area contributed by atoms with Crippen LogP contribution in [0.25, 0.3) is 0 Å². The number of esters is 1. The van der Waals surface area contributed by atoms with E-state index in [0.717, 1.165) is 6.42 Å². The molecule has 0 amide bonds. The summed E-state index contributed by atoms with van der Waals surface area (Å²) in [6.07, 6.45) is 3.06. The molecule has 1 aromatic rings. The lowest BCUT2D eigenvalue weighted by Crippen LogP contribution is -2.47. The van der Waals surface area contributed by atoms with E-state index in [4.69, 9.17) is 9.16 Å². The third-order valence-corrected chi connectivity index (χ3v) is 9.41. The van der Waals surface area contributed by atoms with Gasteiger partial charge in [0.1, 0.15) is 0 Å². The predicted molar refractivity (Wildman–Crippen MR) is 109 cm³/mol. The van der Waals surface area contributed by atoms with Gasteiger partial charge in [0, 0.05) is 6.08 Å². The normalized spacial score (nSPS) is 15.0. The van der Waals surface area contributed by atoms with Crippen LogP contribution in [0.15, 0.2) is 42.5 Å². The first-order chi connectivity index (χ1) is 12.1. The van der Waals surface area contributed by atoms with Crippen molar-refractivity contribution in [1.29, 1.82) is 0 Å².